The molecule has 0 saturated heterocycles. The maximum absolute atomic E-state index is 14.7. The average Bonchev–Trinajstić information content (AvgIpc) is 4.03. The summed E-state index contributed by atoms with van der Waals surface area (Å²) in [6.45, 7) is 7.90. The lowest BCUT2D eigenvalue weighted by Crippen LogP contribution is -2.06. The fraction of sp³-hybridized carbons (Fsp3) is 0.0196. The summed E-state index contributed by atoms with van der Waals surface area (Å²) in [6, 6.07) is 50.9. The Hall–Kier alpha value is -7.43. The Kier molecular flexibility index (Phi) is 7.23. The van der Waals surface area contributed by atoms with Crippen LogP contribution in [0.15, 0.2) is 152 Å². The first-order valence-electron chi connectivity index (χ1n) is 19.2. The van der Waals surface area contributed by atoms with Gasteiger partial charge in [0.2, 0.25) is 0 Å². The number of thiophene rings is 2. The van der Waals surface area contributed by atoms with Crippen molar-refractivity contribution in [2.75, 3.05) is 0 Å². The van der Waals surface area contributed by atoms with E-state index in [-0.39, 0.29) is 11.3 Å². The molecule has 0 aliphatic carbocycles. The third-order valence-electron chi connectivity index (χ3n) is 11.8. The summed E-state index contributed by atoms with van der Waals surface area (Å²) < 4.78 is 52.8. The topological polar surface area (TPSA) is 38.0 Å². The first-order valence-corrected chi connectivity index (χ1v) is 20.8. The molecule has 0 fully saturated rings. The van der Waals surface area contributed by atoms with E-state index in [1.807, 2.05) is 72.8 Å². The Labute approximate surface area is 347 Å². The summed E-state index contributed by atoms with van der Waals surface area (Å²) in [7, 11) is 0. The van der Waals surface area contributed by atoms with Gasteiger partial charge in [0.25, 0.3) is 0 Å². The minimum atomic E-state index is -4.71. The van der Waals surface area contributed by atoms with Crippen molar-refractivity contribution in [1.82, 2.24) is 9.13 Å². The first-order chi connectivity index (χ1) is 29.3. The van der Waals surface area contributed by atoms with Gasteiger partial charge in [-0.2, -0.15) is 18.4 Å². The van der Waals surface area contributed by atoms with Crippen LogP contribution in [0.4, 0.5) is 18.9 Å². The second-order valence-corrected chi connectivity index (χ2v) is 17.1. The van der Waals surface area contributed by atoms with Crippen LogP contribution in [0.5, 0.6) is 0 Å². The molecule has 9 heteroatoms. The highest BCUT2D eigenvalue weighted by Crippen LogP contribution is 2.48. The number of rotatable bonds is 3. The number of alkyl halides is 3. The van der Waals surface area contributed by atoms with E-state index in [2.05, 4.69) is 80.7 Å². The number of benzene rings is 8. The Morgan fingerprint density at radius 2 is 1.05 bits per heavy atom. The number of halogens is 3. The van der Waals surface area contributed by atoms with Crippen molar-refractivity contribution in [3.05, 3.63) is 174 Å². The zero-order chi connectivity index (χ0) is 40.4. The molecular formula is C51H25F3N4S2. The molecule has 0 unspecified atom stereocenters. The molecule has 4 nitrogen and oxygen atoms in total. The van der Waals surface area contributed by atoms with Crippen LogP contribution in [0.3, 0.4) is 0 Å². The maximum Gasteiger partial charge on any atom is 0.415 e. The molecule has 0 aliphatic heterocycles. The summed E-state index contributed by atoms with van der Waals surface area (Å²) in [5, 5.41) is 19.4. The summed E-state index contributed by atoms with van der Waals surface area (Å²) in [6.07, 6.45) is -4.71. The zero-order valence-electron chi connectivity index (χ0n) is 31.2. The summed E-state index contributed by atoms with van der Waals surface area (Å²) in [5.41, 5.74) is 4.54. The van der Waals surface area contributed by atoms with Gasteiger partial charge in [0.15, 0.2) is 5.69 Å². The minimum absolute atomic E-state index is 0.131. The zero-order valence-corrected chi connectivity index (χ0v) is 32.8. The predicted octanol–water partition coefficient (Wildman–Crippen LogP) is 15.7. The van der Waals surface area contributed by atoms with Crippen LogP contribution in [0.2, 0.25) is 0 Å². The second kappa shape index (κ2) is 12.5. The molecule has 0 radical (unpaired) electrons. The standard InChI is InChI=1S/C51H25F3N4S2/c1-56-31-23-28(22-30(25-31)51(52,53)54)38-26-41(57-39-14-6-2-10-32(39)34-18-20-45-47(49(34)57)36-12-4-8-16-43(36)59-45)29(27-55)24-42(38)58-40-15-7-3-11-33(40)35-19-21-46-48(50(35)58)37-13-5-9-17-44(37)60-46/h2-26H. The third kappa shape index (κ3) is 4.82. The Balaban J connectivity index is 1.29. The van der Waals surface area contributed by atoms with Crippen molar-refractivity contribution >= 4 is 112 Å². The molecule has 12 aromatic rings. The molecule has 8 aromatic carbocycles. The highest BCUT2D eigenvalue weighted by Gasteiger charge is 2.32. The Morgan fingerprint density at radius 1 is 0.533 bits per heavy atom. The molecule has 0 N–H and O–H groups in total. The molecule has 0 saturated carbocycles. The molecule has 12 rings (SSSR count). The lowest BCUT2D eigenvalue weighted by atomic mass is 9.96. The highest BCUT2D eigenvalue weighted by atomic mass is 32.1. The lowest BCUT2D eigenvalue weighted by Gasteiger charge is -2.20. The molecular weight excluding hydrogens is 790 g/mol. The van der Waals surface area contributed by atoms with Crippen LogP contribution in [0, 0.1) is 17.9 Å². The molecule has 4 aromatic heterocycles. The molecule has 0 bridgehead atoms. The van der Waals surface area contributed by atoms with Gasteiger partial charge in [-0.15, -0.1) is 22.7 Å². The number of nitrogens with zero attached hydrogens (tertiary/aromatic N) is 4. The van der Waals surface area contributed by atoms with Crippen molar-refractivity contribution in [2.45, 2.75) is 6.18 Å². The van der Waals surface area contributed by atoms with E-state index in [0.29, 0.717) is 22.5 Å². The number of nitriles is 1. The molecule has 0 aliphatic rings. The summed E-state index contributed by atoms with van der Waals surface area (Å²) in [4.78, 5) is 3.52. The van der Waals surface area contributed by atoms with E-state index in [1.54, 1.807) is 22.7 Å². The van der Waals surface area contributed by atoms with Crippen LogP contribution in [-0.4, -0.2) is 9.13 Å². The monoisotopic (exact) mass is 814 g/mol. The van der Waals surface area contributed by atoms with Gasteiger partial charge >= 0.3 is 6.18 Å². The van der Waals surface area contributed by atoms with E-state index < -0.39 is 11.7 Å². The van der Waals surface area contributed by atoms with Gasteiger partial charge in [-0.3, -0.25) is 0 Å². The van der Waals surface area contributed by atoms with Crippen LogP contribution >= 0.6 is 22.7 Å². The van der Waals surface area contributed by atoms with Gasteiger partial charge < -0.3 is 9.13 Å². The number of hydrogen-bond acceptors (Lipinski definition) is 3. The van der Waals surface area contributed by atoms with Crippen LogP contribution in [0.25, 0.3) is 111 Å². The highest BCUT2D eigenvalue weighted by molar-refractivity contribution is 7.26. The average molecular weight is 815 g/mol. The van der Waals surface area contributed by atoms with Gasteiger partial charge in [-0.05, 0) is 72.3 Å². The quantitative estimate of drug-likeness (QED) is 0.164. The van der Waals surface area contributed by atoms with Gasteiger partial charge in [-0.25, -0.2) is 4.85 Å². The smallest absolute Gasteiger partial charge is 0.308 e. The van der Waals surface area contributed by atoms with Crippen LogP contribution in [0.1, 0.15) is 11.1 Å². The third-order valence-corrected chi connectivity index (χ3v) is 14.0. The normalized spacial score (nSPS) is 12.2. The van der Waals surface area contributed by atoms with Gasteiger partial charge in [0.05, 0.1) is 45.6 Å². The number of para-hydroxylation sites is 2. The minimum Gasteiger partial charge on any atom is -0.308 e. The molecule has 4 heterocycles. The summed E-state index contributed by atoms with van der Waals surface area (Å²) in [5.74, 6) is 0. The maximum atomic E-state index is 14.7. The Bertz CT molecular complexity index is 3920. The second-order valence-electron chi connectivity index (χ2n) is 14.9. The molecule has 0 atom stereocenters. The van der Waals surface area contributed by atoms with Gasteiger partial charge in [-0.1, -0.05) is 84.9 Å². The van der Waals surface area contributed by atoms with Crippen LogP contribution < -0.4 is 0 Å². The van der Waals surface area contributed by atoms with Crippen molar-refractivity contribution in [3.63, 3.8) is 0 Å². The summed E-state index contributed by atoms with van der Waals surface area (Å²) >= 11 is 3.38. The SMILES string of the molecule is [C-]#[N+]c1cc(-c2cc(-n3c4ccccc4c4ccc5sc6ccccc6c5c43)c(C#N)cc2-n2c3ccccc3c3ccc4sc5ccccc5c4c32)cc(C(F)(F)F)c1. The Morgan fingerprint density at radius 3 is 1.58 bits per heavy atom. The van der Waals surface area contributed by atoms with E-state index in [9.17, 15) is 18.4 Å². The first kappa shape index (κ1) is 34.6. The molecule has 60 heavy (non-hydrogen) atoms. The number of hydrogen-bond donors (Lipinski definition) is 0. The lowest BCUT2D eigenvalue weighted by molar-refractivity contribution is -0.137. The fourth-order valence-corrected chi connectivity index (χ4v) is 11.5. The van der Waals surface area contributed by atoms with E-state index in [4.69, 9.17) is 6.57 Å². The van der Waals surface area contributed by atoms with E-state index in [1.165, 1.54) is 6.07 Å². The molecule has 0 amide bonds. The number of aromatic nitrogens is 2. The van der Waals surface area contributed by atoms with Gasteiger partial charge in [0, 0.05) is 73.0 Å². The molecule has 282 valence electrons. The van der Waals surface area contributed by atoms with E-state index >= 15 is 0 Å². The fourth-order valence-electron chi connectivity index (χ4n) is 9.29. The van der Waals surface area contributed by atoms with Crippen LogP contribution in [-0.2, 0) is 6.18 Å². The predicted molar refractivity (Wildman–Crippen MR) is 242 cm³/mol. The van der Waals surface area contributed by atoms with Gasteiger partial charge in [0.1, 0.15) is 6.07 Å². The van der Waals surface area contributed by atoms with Crippen molar-refractivity contribution in [1.29, 1.82) is 5.26 Å². The van der Waals surface area contributed by atoms with Crippen molar-refractivity contribution in [2.24, 2.45) is 0 Å². The molecule has 0 spiro atoms. The number of fused-ring (bicyclic) bond motifs is 14. The van der Waals surface area contributed by atoms with E-state index in [0.717, 1.165) is 96.1 Å². The van der Waals surface area contributed by atoms with Crippen molar-refractivity contribution < 1.29 is 13.2 Å². The van der Waals surface area contributed by atoms with Crippen molar-refractivity contribution in [3.8, 4) is 28.6 Å². The largest absolute Gasteiger partial charge is 0.415 e.